The molecule has 2 aromatic carbocycles. The van der Waals surface area contributed by atoms with Crippen molar-refractivity contribution in [3.63, 3.8) is 0 Å². The Morgan fingerprint density at radius 3 is 2.63 bits per heavy atom. The molecule has 0 fully saturated rings. The maximum absolute atomic E-state index is 12.6. The van der Waals surface area contributed by atoms with Gasteiger partial charge in [0.15, 0.2) is 0 Å². The number of aromatic nitrogens is 1. The number of benzene rings is 2. The molecule has 0 saturated carbocycles. The normalized spacial score (nSPS) is 11.0. The monoisotopic (exact) mass is 404 g/mol. The Balaban J connectivity index is 1.66. The highest BCUT2D eigenvalue weighted by Crippen LogP contribution is 2.31. The lowest BCUT2D eigenvalue weighted by molar-refractivity contribution is -0.115. The van der Waals surface area contributed by atoms with Gasteiger partial charge in [-0.2, -0.15) is 8.78 Å². The molecule has 0 unspecified atom stereocenters. The van der Waals surface area contributed by atoms with Crippen LogP contribution in [0, 0.1) is 0 Å². The van der Waals surface area contributed by atoms with Crippen LogP contribution in [-0.4, -0.2) is 16.6 Å². The lowest BCUT2D eigenvalue weighted by Crippen LogP contribution is -2.15. The quantitative estimate of drug-likeness (QED) is 0.501. The van der Waals surface area contributed by atoms with E-state index in [0.29, 0.717) is 28.0 Å². The summed E-state index contributed by atoms with van der Waals surface area (Å²) in [6.45, 7) is 2.10. The van der Waals surface area contributed by atoms with E-state index >= 15 is 0 Å². The lowest BCUT2D eigenvalue weighted by atomic mass is 10.1. The van der Waals surface area contributed by atoms with Gasteiger partial charge in [0.05, 0.1) is 17.8 Å². The Morgan fingerprint density at radius 1 is 1.19 bits per heavy atom. The van der Waals surface area contributed by atoms with Gasteiger partial charge in [-0.25, -0.2) is 4.98 Å². The Morgan fingerprint density at radius 2 is 1.93 bits per heavy atom. The second-order valence-electron chi connectivity index (χ2n) is 5.79. The molecule has 140 valence electrons. The van der Waals surface area contributed by atoms with Crippen LogP contribution in [0.25, 0.3) is 10.6 Å². The Kier molecular flexibility index (Phi) is 6.58. The lowest BCUT2D eigenvalue weighted by Gasteiger charge is -2.09. The minimum absolute atomic E-state index is 0.0945. The highest BCUT2D eigenvalue weighted by atomic mass is 32.2. The van der Waals surface area contributed by atoms with Crippen LogP contribution in [0.3, 0.4) is 0 Å². The van der Waals surface area contributed by atoms with Gasteiger partial charge in [0.1, 0.15) is 5.01 Å². The summed E-state index contributed by atoms with van der Waals surface area (Å²) >= 11 is 1.90. The van der Waals surface area contributed by atoms with Gasteiger partial charge < -0.3 is 5.32 Å². The van der Waals surface area contributed by atoms with Crippen molar-refractivity contribution in [2.24, 2.45) is 0 Å². The molecule has 0 aliphatic carbocycles. The first-order valence-corrected chi connectivity index (χ1v) is 10.2. The molecule has 7 heteroatoms. The summed E-state index contributed by atoms with van der Waals surface area (Å²) < 4.78 is 25.3. The Labute approximate surface area is 164 Å². The van der Waals surface area contributed by atoms with Gasteiger partial charge in [0.2, 0.25) is 5.91 Å². The summed E-state index contributed by atoms with van der Waals surface area (Å²) in [4.78, 5) is 17.2. The molecule has 0 saturated heterocycles. The van der Waals surface area contributed by atoms with Gasteiger partial charge in [-0.15, -0.1) is 11.3 Å². The SMILES string of the molecule is CCc1ccc(-c2nc(CC(=O)Nc3ccccc3SC(F)F)cs2)cc1. The number of rotatable bonds is 7. The van der Waals surface area contributed by atoms with Gasteiger partial charge in [-0.3, -0.25) is 4.79 Å². The van der Waals surface area contributed by atoms with E-state index in [4.69, 9.17) is 0 Å². The number of aryl methyl sites for hydroxylation is 1. The zero-order valence-electron chi connectivity index (χ0n) is 14.6. The summed E-state index contributed by atoms with van der Waals surface area (Å²) in [5, 5.41) is 5.41. The predicted molar refractivity (Wildman–Crippen MR) is 108 cm³/mol. The van der Waals surface area contributed by atoms with Crippen LogP contribution in [0.2, 0.25) is 0 Å². The van der Waals surface area contributed by atoms with Crippen molar-refractivity contribution in [1.29, 1.82) is 0 Å². The molecule has 1 aromatic heterocycles. The Hall–Kier alpha value is -2.25. The van der Waals surface area contributed by atoms with Gasteiger partial charge in [0, 0.05) is 15.8 Å². The van der Waals surface area contributed by atoms with E-state index in [9.17, 15) is 13.6 Å². The summed E-state index contributed by atoms with van der Waals surface area (Å²) in [7, 11) is 0. The van der Waals surface area contributed by atoms with Crippen molar-refractivity contribution in [2.45, 2.75) is 30.4 Å². The minimum atomic E-state index is -2.54. The molecule has 0 aliphatic rings. The highest BCUT2D eigenvalue weighted by molar-refractivity contribution is 7.99. The van der Waals surface area contributed by atoms with Gasteiger partial charge in [-0.1, -0.05) is 55.1 Å². The summed E-state index contributed by atoms with van der Waals surface area (Å²) in [5.41, 5.74) is 3.32. The molecule has 3 aromatic rings. The smallest absolute Gasteiger partial charge is 0.288 e. The van der Waals surface area contributed by atoms with Crippen LogP contribution in [-0.2, 0) is 17.6 Å². The van der Waals surface area contributed by atoms with Crippen molar-refractivity contribution in [1.82, 2.24) is 4.98 Å². The van der Waals surface area contributed by atoms with Crippen molar-refractivity contribution in [3.05, 3.63) is 65.2 Å². The molecule has 0 spiro atoms. The van der Waals surface area contributed by atoms with E-state index in [2.05, 4.69) is 29.4 Å². The number of amides is 1. The number of alkyl halides is 2. The van der Waals surface area contributed by atoms with Crippen LogP contribution in [0.5, 0.6) is 0 Å². The van der Waals surface area contributed by atoms with E-state index in [1.165, 1.54) is 16.9 Å². The number of para-hydroxylation sites is 1. The zero-order valence-corrected chi connectivity index (χ0v) is 16.2. The second-order valence-corrected chi connectivity index (χ2v) is 7.68. The van der Waals surface area contributed by atoms with Crippen molar-refractivity contribution >= 4 is 34.7 Å². The van der Waals surface area contributed by atoms with Gasteiger partial charge in [0.25, 0.3) is 5.76 Å². The number of hydrogen-bond donors (Lipinski definition) is 1. The molecule has 27 heavy (non-hydrogen) atoms. The fraction of sp³-hybridized carbons (Fsp3) is 0.200. The predicted octanol–water partition coefficient (Wildman–Crippen LogP) is 5.87. The number of nitrogens with one attached hydrogen (secondary N) is 1. The summed E-state index contributed by atoms with van der Waals surface area (Å²) in [5.74, 6) is -2.82. The van der Waals surface area contributed by atoms with E-state index in [1.54, 1.807) is 24.3 Å². The molecule has 3 nitrogen and oxygen atoms in total. The molecule has 1 heterocycles. The molecular formula is C20H18F2N2OS2. The fourth-order valence-corrected chi connectivity index (χ4v) is 3.95. The van der Waals surface area contributed by atoms with Crippen LogP contribution in [0.15, 0.2) is 58.8 Å². The first-order valence-electron chi connectivity index (χ1n) is 8.42. The van der Waals surface area contributed by atoms with Crippen LogP contribution in [0.4, 0.5) is 14.5 Å². The number of carbonyl (C=O) groups excluding carboxylic acids is 1. The van der Waals surface area contributed by atoms with E-state index in [1.807, 2.05) is 17.5 Å². The van der Waals surface area contributed by atoms with Crippen molar-refractivity contribution in [3.8, 4) is 10.6 Å². The van der Waals surface area contributed by atoms with E-state index < -0.39 is 5.76 Å². The van der Waals surface area contributed by atoms with Crippen LogP contribution < -0.4 is 5.32 Å². The molecule has 0 radical (unpaired) electrons. The highest BCUT2D eigenvalue weighted by Gasteiger charge is 2.13. The number of nitrogens with zero attached hydrogens (tertiary/aromatic N) is 1. The molecular weight excluding hydrogens is 386 g/mol. The number of hydrogen-bond acceptors (Lipinski definition) is 4. The third-order valence-corrected chi connectivity index (χ3v) is 5.61. The second kappa shape index (κ2) is 9.10. The van der Waals surface area contributed by atoms with E-state index in [-0.39, 0.29) is 12.3 Å². The number of carbonyl (C=O) groups is 1. The number of thiazole rings is 1. The summed E-state index contributed by atoms with van der Waals surface area (Å²) in [6.07, 6.45) is 1.08. The number of anilines is 1. The maximum Gasteiger partial charge on any atom is 0.288 e. The zero-order chi connectivity index (χ0) is 19.2. The average Bonchev–Trinajstić information content (AvgIpc) is 3.11. The van der Waals surface area contributed by atoms with E-state index in [0.717, 1.165) is 17.0 Å². The first kappa shape index (κ1) is 19.5. The molecule has 3 rings (SSSR count). The standard InChI is InChI=1S/C20H18F2N2OS2/c1-2-13-7-9-14(10-8-13)19-23-15(12-26-19)11-18(25)24-16-5-3-4-6-17(16)27-20(21)22/h3-10,12,20H,2,11H2,1H3,(H,24,25). The molecule has 1 amide bonds. The summed E-state index contributed by atoms with van der Waals surface area (Å²) in [6, 6.07) is 14.7. The van der Waals surface area contributed by atoms with Gasteiger partial charge in [-0.05, 0) is 24.1 Å². The number of thioether (sulfide) groups is 1. The molecule has 0 aliphatic heterocycles. The Bertz CT molecular complexity index is 910. The third kappa shape index (κ3) is 5.37. The minimum Gasteiger partial charge on any atom is -0.325 e. The van der Waals surface area contributed by atoms with Crippen molar-refractivity contribution in [2.75, 3.05) is 5.32 Å². The first-order chi connectivity index (χ1) is 13.0. The number of halogens is 2. The molecule has 0 atom stereocenters. The maximum atomic E-state index is 12.6. The fourth-order valence-electron chi connectivity index (χ4n) is 2.53. The van der Waals surface area contributed by atoms with Crippen LogP contribution >= 0.6 is 23.1 Å². The molecule has 0 bridgehead atoms. The topological polar surface area (TPSA) is 42.0 Å². The van der Waals surface area contributed by atoms with Crippen molar-refractivity contribution < 1.29 is 13.6 Å². The average molecular weight is 405 g/mol. The van der Waals surface area contributed by atoms with Gasteiger partial charge >= 0.3 is 0 Å². The van der Waals surface area contributed by atoms with Crippen LogP contribution in [0.1, 0.15) is 18.2 Å². The molecule has 1 N–H and O–H groups in total. The third-order valence-electron chi connectivity index (χ3n) is 3.88. The largest absolute Gasteiger partial charge is 0.325 e.